The number of phenolic OH excluding ortho intramolecular Hbond substituents is 1. The van der Waals surface area contributed by atoms with Gasteiger partial charge in [-0.15, -0.1) is 0 Å². The third-order valence-electron chi connectivity index (χ3n) is 4.97. The van der Waals surface area contributed by atoms with Gasteiger partial charge in [0.25, 0.3) is 0 Å². The van der Waals surface area contributed by atoms with Gasteiger partial charge in [-0.05, 0) is 31.9 Å². The van der Waals surface area contributed by atoms with Crippen LogP contribution in [0.4, 0.5) is 0 Å². The van der Waals surface area contributed by atoms with Gasteiger partial charge in [-0.3, -0.25) is 0 Å². The van der Waals surface area contributed by atoms with Crippen molar-refractivity contribution < 1.29 is 14.9 Å². The molecule has 20 heavy (non-hydrogen) atoms. The number of para-hydroxylation sites is 1. The van der Waals surface area contributed by atoms with Crippen LogP contribution in [0.15, 0.2) is 18.2 Å². The lowest BCUT2D eigenvalue weighted by molar-refractivity contribution is -0.0863. The number of methoxy groups -OCH3 is 1. The maximum atomic E-state index is 10.9. The van der Waals surface area contributed by atoms with Crippen LogP contribution in [0.5, 0.6) is 11.5 Å². The van der Waals surface area contributed by atoms with Crippen molar-refractivity contribution in [2.45, 2.75) is 43.7 Å². The Labute approximate surface area is 119 Å². The van der Waals surface area contributed by atoms with Gasteiger partial charge in [0.15, 0.2) is 11.5 Å². The summed E-state index contributed by atoms with van der Waals surface area (Å²) in [4.78, 5) is 0. The van der Waals surface area contributed by atoms with Crippen molar-refractivity contribution in [1.82, 2.24) is 5.32 Å². The summed E-state index contributed by atoms with van der Waals surface area (Å²) < 4.78 is 5.20. The lowest BCUT2D eigenvalue weighted by Gasteiger charge is -2.48. The number of hydrogen-bond donors (Lipinski definition) is 3. The normalized spacial score (nSPS) is 33.5. The standard InChI is InChI=1S/C16H23NO3/c1-20-13-7-4-5-11(15(13)18)14-12-6-2-3-8-16(12,19)9-10-17-14/h4-5,7,12,14,17-19H,2-3,6,8-10H2,1H3/t12-,14-,16+/m0/s1. The number of ether oxygens (including phenoxy) is 1. The number of aromatic hydroxyl groups is 1. The number of benzene rings is 1. The Morgan fingerprint density at radius 3 is 2.95 bits per heavy atom. The van der Waals surface area contributed by atoms with Crippen molar-refractivity contribution in [1.29, 1.82) is 0 Å². The number of hydrogen-bond acceptors (Lipinski definition) is 4. The molecule has 0 bridgehead atoms. The molecule has 2 fully saturated rings. The molecule has 3 rings (SSSR count). The summed E-state index contributed by atoms with van der Waals surface area (Å²) in [6.07, 6.45) is 4.93. The first kappa shape index (κ1) is 13.7. The summed E-state index contributed by atoms with van der Waals surface area (Å²) in [5.74, 6) is 0.861. The predicted molar refractivity (Wildman–Crippen MR) is 76.9 cm³/mol. The first-order chi connectivity index (χ1) is 9.65. The monoisotopic (exact) mass is 277 g/mol. The van der Waals surface area contributed by atoms with E-state index >= 15 is 0 Å². The lowest BCUT2D eigenvalue weighted by Crippen LogP contribution is -2.53. The van der Waals surface area contributed by atoms with Gasteiger partial charge < -0.3 is 20.3 Å². The van der Waals surface area contributed by atoms with E-state index in [9.17, 15) is 10.2 Å². The second-order valence-electron chi connectivity index (χ2n) is 6.04. The maximum Gasteiger partial charge on any atom is 0.162 e. The maximum absolute atomic E-state index is 10.9. The van der Waals surface area contributed by atoms with Crippen molar-refractivity contribution in [3.05, 3.63) is 23.8 Å². The molecule has 4 nitrogen and oxygen atoms in total. The highest BCUT2D eigenvalue weighted by atomic mass is 16.5. The minimum Gasteiger partial charge on any atom is -0.504 e. The molecule has 1 aromatic rings. The average molecular weight is 277 g/mol. The number of rotatable bonds is 2. The Kier molecular flexibility index (Phi) is 3.61. The van der Waals surface area contributed by atoms with Crippen LogP contribution in [0.25, 0.3) is 0 Å². The van der Waals surface area contributed by atoms with Crippen LogP contribution in [0.2, 0.25) is 0 Å². The van der Waals surface area contributed by atoms with Crippen molar-refractivity contribution >= 4 is 0 Å². The smallest absolute Gasteiger partial charge is 0.162 e. The second kappa shape index (κ2) is 5.26. The summed E-state index contributed by atoms with van der Waals surface area (Å²) in [5.41, 5.74) is 0.262. The SMILES string of the molecule is COc1cccc([C@@H]2NCC[C@]3(O)CCCC[C@@H]23)c1O. The Hall–Kier alpha value is -1.26. The van der Waals surface area contributed by atoms with E-state index in [1.165, 1.54) is 0 Å². The zero-order valence-corrected chi connectivity index (χ0v) is 11.9. The van der Waals surface area contributed by atoms with Gasteiger partial charge in [0.2, 0.25) is 0 Å². The zero-order valence-electron chi connectivity index (χ0n) is 11.9. The molecule has 110 valence electrons. The first-order valence-corrected chi connectivity index (χ1v) is 7.47. The van der Waals surface area contributed by atoms with Crippen molar-refractivity contribution in [3.8, 4) is 11.5 Å². The molecule has 0 radical (unpaired) electrons. The third-order valence-corrected chi connectivity index (χ3v) is 4.97. The van der Waals surface area contributed by atoms with E-state index in [0.29, 0.717) is 5.75 Å². The topological polar surface area (TPSA) is 61.7 Å². The van der Waals surface area contributed by atoms with Crippen LogP contribution >= 0.6 is 0 Å². The van der Waals surface area contributed by atoms with E-state index in [0.717, 1.165) is 44.2 Å². The van der Waals surface area contributed by atoms with Gasteiger partial charge in [0, 0.05) is 17.5 Å². The van der Waals surface area contributed by atoms with Crippen molar-refractivity contribution in [3.63, 3.8) is 0 Å². The van der Waals surface area contributed by atoms with Crippen molar-refractivity contribution in [2.75, 3.05) is 13.7 Å². The quantitative estimate of drug-likeness (QED) is 0.776. The number of piperidine rings is 1. The molecule has 1 heterocycles. The molecule has 0 spiro atoms. The van der Waals surface area contributed by atoms with Gasteiger partial charge >= 0.3 is 0 Å². The molecule has 3 N–H and O–H groups in total. The Morgan fingerprint density at radius 2 is 2.15 bits per heavy atom. The number of aliphatic hydroxyl groups is 1. The predicted octanol–water partition coefficient (Wildman–Crippen LogP) is 2.36. The van der Waals surface area contributed by atoms with Crippen LogP contribution in [0.3, 0.4) is 0 Å². The Bertz CT molecular complexity index is 487. The van der Waals surface area contributed by atoms with Crippen molar-refractivity contribution in [2.24, 2.45) is 5.92 Å². The fourth-order valence-corrected chi connectivity index (χ4v) is 3.90. The zero-order chi connectivity index (χ0) is 14.2. The minimum atomic E-state index is -0.580. The van der Waals surface area contributed by atoms with E-state index in [2.05, 4.69) is 5.32 Å². The summed E-state index contributed by atoms with van der Waals surface area (Å²) in [6.45, 7) is 0.786. The molecule has 1 saturated heterocycles. The molecule has 1 aliphatic heterocycles. The van der Waals surface area contributed by atoms with E-state index < -0.39 is 5.60 Å². The number of fused-ring (bicyclic) bond motifs is 1. The van der Waals surface area contributed by atoms with E-state index in [1.807, 2.05) is 12.1 Å². The molecule has 1 aromatic carbocycles. The largest absolute Gasteiger partial charge is 0.504 e. The molecule has 1 aliphatic carbocycles. The van der Waals surface area contributed by atoms with Crippen LogP contribution in [-0.4, -0.2) is 29.5 Å². The molecule has 4 heteroatoms. The molecule has 1 saturated carbocycles. The van der Waals surface area contributed by atoms with Crippen LogP contribution < -0.4 is 10.1 Å². The van der Waals surface area contributed by atoms with Gasteiger partial charge in [-0.25, -0.2) is 0 Å². The van der Waals surface area contributed by atoms with E-state index in [4.69, 9.17) is 4.74 Å². The van der Waals surface area contributed by atoms with Gasteiger partial charge in [0.05, 0.1) is 12.7 Å². The van der Waals surface area contributed by atoms with E-state index in [-0.39, 0.29) is 17.7 Å². The van der Waals surface area contributed by atoms with Crippen LogP contribution in [0, 0.1) is 5.92 Å². The highest BCUT2D eigenvalue weighted by Crippen LogP contribution is 2.48. The number of nitrogens with one attached hydrogen (secondary N) is 1. The minimum absolute atomic E-state index is 0.00384. The third kappa shape index (κ3) is 2.17. The summed E-state index contributed by atoms with van der Waals surface area (Å²) >= 11 is 0. The van der Waals surface area contributed by atoms with E-state index in [1.54, 1.807) is 13.2 Å². The number of phenols is 1. The van der Waals surface area contributed by atoms with Gasteiger partial charge in [0.1, 0.15) is 0 Å². The lowest BCUT2D eigenvalue weighted by atomic mass is 9.66. The first-order valence-electron chi connectivity index (χ1n) is 7.47. The van der Waals surface area contributed by atoms with Crippen LogP contribution in [0.1, 0.15) is 43.7 Å². The summed E-state index contributed by atoms with van der Waals surface area (Å²) in [6, 6.07) is 5.58. The molecule has 2 aliphatic rings. The summed E-state index contributed by atoms with van der Waals surface area (Å²) in [5, 5.41) is 24.7. The van der Waals surface area contributed by atoms with Gasteiger partial charge in [-0.2, -0.15) is 0 Å². The molecular weight excluding hydrogens is 254 g/mol. The molecule has 0 amide bonds. The van der Waals surface area contributed by atoms with Gasteiger partial charge in [-0.1, -0.05) is 25.0 Å². The second-order valence-corrected chi connectivity index (χ2v) is 6.04. The Morgan fingerprint density at radius 1 is 1.30 bits per heavy atom. The fraction of sp³-hybridized carbons (Fsp3) is 0.625. The van der Waals surface area contributed by atoms with Crippen LogP contribution in [-0.2, 0) is 0 Å². The molecule has 0 unspecified atom stereocenters. The highest BCUT2D eigenvalue weighted by molar-refractivity contribution is 5.47. The molecule has 3 atom stereocenters. The summed E-state index contributed by atoms with van der Waals surface area (Å²) in [7, 11) is 1.56. The Balaban J connectivity index is 1.96. The molecule has 0 aromatic heterocycles. The fourth-order valence-electron chi connectivity index (χ4n) is 3.90. The highest BCUT2D eigenvalue weighted by Gasteiger charge is 2.46. The molecular formula is C16H23NO3. The average Bonchev–Trinajstić information content (AvgIpc) is 2.46.